The van der Waals surface area contributed by atoms with Crippen LogP contribution in [0.1, 0.15) is 59.3 Å². The second-order valence-electron chi connectivity index (χ2n) is 7.52. The van der Waals surface area contributed by atoms with Crippen LogP contribution in [0.25, 0.3) is 0 Å². The summed E-state index contributed by atoms with van der Waals surface area (Å²) in [6.45, 7) is 8.77. The Bertz CT molecular complexity index is 340. The first-order valence-corrected chi connectivity index (χ1v) is 8.34. The summed E-state index contributed by atoms with van der Waals surface area (Å²) in [5.74, 6) is 0. The van der Waals surface area contributed by atoms with Gasteiger partial charge in [-0.3, -0.25) is 0 Å². The predicted molar refractivity (Wildman–Crippen MR) is 84.5 cm³/mol. The van der Waals surface area contributed by atoms with Crippen molar-refractivity contribution in [1.82, 2.24) is 16.0 Å². The van der Waals surface area contributed by atoms with Gasteiger partial charge < -0.3 is 20.7 Å². The fourth-order valence-corrected chi connectivity index (χ4v) is 3.03. The van der Waals surface area contributed by atoms with Crippen molar-refractivity contribution in [2.75, 3.05) is 19.6 Å². The lowest BCUT2D eigenvalue weighted by molar-refractivity contribution is 0.0378. The molecule has 2 aliphatic rings. The van der Waals surface area contributed by atoms with Gasteiger partial charge in [-0.15, -0.1) is 0 Å². The molecule has 21 heavy (non-hydrogen) atoms. The molecule has 0 aromatic heterocycles. The van der Waals surface area contributed by atoms with Crippen molar-refractivity contribution in [3.05, 3.63) is 0 Å². The molecular formula is C16H31N3O2. The molecule has 122 valence electrons. The maximum atomic E-state index is 12.0. The summed E-state index contributed by atoms with van der Waals surface area (Å²) >= 11 is 0. The first-order valence-electron chi connectivity index (χ1n) is 8.34. The Morgan fingerprint density at radius 3 is 2.62 bits per heavy atom. The summed E-state index contributed by atoms with van der Waals surface area (Å²) in [6.07, 6.45) is 6.60. The maximum Gasteiger partial charge on any atom is 0.408 e. The zero-order chi connectivity index (χ0) is 15.3. The lowest BCUT2D eigenvalue weighted by Crippen LogP contribution is -2.60. The molecule has 2 fully saturated rings. The topological polar surface area (TPSA) is 62.4 Å². The smallest absolute Gasteiger partial charge is 0.408 e. The van der Waals surface area contributed by atoms with Gasteiger partial charge in [-0.05, 0) is 72.4 Å². The molecule has 0 bridgehead atoms. The average Bonchev–Trinajstić information content (AvgIpc) is 2.58. The van der Waals surface area contributed by atoms with Crippen molar-refractivity contribution >= 4 is 6.09 Å². The summed E-state index contributed by atoms with van der Waals surface area (Å²) in [5, 5.41) is 10.2. The molecule has 1 aliphatic heterocycles. The van der Waals surface area contributed by atoms with Crippen LogP contribution in [-0.4, -0.2) is 42.9 Å². The third kappa shape index (κ3) is 5.47. The van der Waals surface area contributed by atoms with Gasteiger partial charge in [0.05, 0.1) is 5.54 Å². The highest BCUT2D eigenvalue weighted by molar-refractivity contribution is 5.69. The van der Waals surface area contributed by atoms with Gasteiger partial charge in [-0.1, -0.05) is 0 Å². The number of nitrogens with one attached hydrogen (secondary N) is 3. The number of alkyl carbamates (subject to hydrolysis) is 1. The van der Waals surface area contributed by atoms with Gasteiger partial charge in [-0.25, -0.2) is 4.79 Å². The van der Waals surface area contributed by atoms with Crippen molar-refractivity contribution in [1.29, 1.82) is 0 Å². The van der Waals surface area contributed by atoms with Gasteiger partial charge in [0.1, 0.15) is 5.60 Å². The lowest BCUT2D eigenvalue weighted by atomic mass is 9.76. The van der Waals surface area contributed by atoms with Crippen LogP contribution in [-0.2, 0) is 4.74 Å². The first kappa shape index (κ1) is 16.6. The van der Waals surface area contributed by atoms with Crippen molar-refractivity contribution in [3.8, 4) is 0 Å². The first-order chi connectivity index (χ1) is 9.89. The van der Waals surface area contributed by atoms with E-state index in [-0.39, 0.29) is 11.6 Å². The normalized spacial score (nSPS) is 25.6. The molecule has 5 nitrogen and oxygen atoms in total. The average molecular weight is 297 g/mol. The molecule has 5 heteroatoms. The third-order valence-corrected chi connectivity index (χ3v) is 4.38. The fraction of sp³-hybridized carbons (Fsp3) is 0.938. The molecule has 1 saturated carbocycles. The Hall–Kier alpha value is -0.810. The van der Waals surface area contributed by atoms with E-state index in [0.717, 1.165) is 32.5 Å². The van der Waals surface area contributed by atoms with E-state index in [1.54, 1.807) is 0 Å². The van der Waals surface area contributed by atoms with Gasteiger partial charge >= 0.3 is 6.09 Å². The van der Waals surface area contributed by atoms with Crippen molar-refractivity contribution in [2.45, 2.75) is 76.5 Å². The highest BCUT2D eigenvalue weighted by Gasteiger charge is 2.39. The second-order valence-corrected chi connectivity index (χ2v) is 7.52. The second kappa shape index (κ2) is 6.97. The molecule has 1 atom stereocenters. The molecule has 0 spiro atoms. The van der Waals surface area contributed by atoms with Crippen LogP contribution in [0.4, 0.5) is 4.79 Å². The van der Waals surface area contributed by atoms with Crippen LogP contribution < -0.4 is 16.0 Å². The molecule has 1 heterocycles. The Balaban J connectivity index is 1.79. The molecule has 0 aromatic rings. The molecule has 0 radical (unpaired) electrons. The largest absolute Gasteiger partial charge is 0.444 e. The number of carbonyl (C=O) groups excluding carboxylic acids is 1. The van der Waals surface area contributed by atoms with E-state index in [4.69, 9.17) is 4.74 Å². The Morgan fingerprint density at radius 1 is 1.24 bits per heavy atom. The van der Waals surface area contributed by atoms with Gasteiger partial charge in [-0.2, -0.15) is 0 Å². The van der Waals surface area contributed by atoms with E-state index < -0.39 is 5.60 Å². The number of ether oxygens (including phenoxy) is 1. The standard InChI is InChI=1S/C16H31N3O2/c1-15(2,3)21-14(20)19-16(8-5-9-16)12-18-13-6-4-10-17-11-7-13/h13,17-18H,4-12H2,1-3H3,(H,19,20). The molecule has 1 aliphatic carbocycles. The maximum absolute atomic E-state index is 12.0. The molecule has 3 N–H and O–H groups in total. The Kier molecular flexibility index (Phi) is 5.49. The van der Waals surface area contributed by atoms with Crippen LogP contribution in [0.2, 0.25) is 0 Å². The van der Waals surface area contributed by atoms with Crippen LogP contribution in [0, 0.1) is 0 Å². The minimum atomic E-state index is -0.435. The highest BCUT2D eigenvalue weighted by Crippen LogP contribution is 2.32. The minimum Gasteiger partial charge on any atom is -0.444 e. The quantitative estimate of drug-likeness (QED) is 0.744. The van der Waals surface area contributed by atoms with Gasteiger partial charge in [0.2, 0.25) is 0 Å². The Labute approximate surface area is 128 Å². The summed E-state index contributed by atoms with van der Waals surface area (Å²) in [7, 11) is 0. The highest BCUT2D eigenvalue weighted by atomic mass is 16.6. The van der Waals surface area contributed by atoms with Gasteiger partial charge in [0.25, 0.3) is 0 Å². The van der Waals surface area contributed by atoms with E-state index in [0.29, 0.717) is 6.04 Å². The number of rotatable bonds is 4. The number of hydrogen-bond donors (Lipinski definition) is 3. The molecule has 1 saturated heterocycles. The van der Waals surface area contributed by atoms with Crippen molar-refractivity contribution in [3.63, 3.8) is 0 Å². The van der Waals surface area contributed by atoms with E-state index in [1.807, 2.05) is 20.8 Å². The van der Waals surface area contributed by atoms with E-state index in [1.165, 1.54) is 25.7 Å². The Morgan fingerprint density at radius 2 is 2.00 bits per heavy atom. The van der Waals surface area contributed by atoms with Crippen LogP contribution >= 0.6 is 0 Å². The third-order valence-electron chi connectivity index (χ3n) is 4.38. The minimum absolute atomic E-state index is 0.0952. The lowest BCUT2D eigenvalue weighted by Gasteiger charge is -2.43. The van der Waals surface area contributed by atoms with Crippen molar-refractivity contribution < 1.29 is 9.53 Å². The van der Waals surface area contributed by atoms with Crippen LogP contribution in [0.5, 0.6) is 0 Å². The summed E-state index contributed by atoms with van der Waals surface area (Å²) in [5.41, 5.74) is -0.530. The van der Waals surface area contributed by atoms with Crippen LogP contribution in [0.15, 0.2) is 0 Å². The number of carbonyl (C=O) groups is 1. The fourth-order valence-electron chi connectivity index (χ4n) is 3.03. The number of amides is 1. The zero-order valence-corrected chi connectivity index (χ0v) is 13.8. The molecule has 1 unspecified atom stereocenters. The zero-order valence-electron chi connectivity index (χ0n) is 13.8. The summed E-state index contributed by atoms with van der Waals surface area (Å²) in [4.78, 5) is 12.0. The molecule has 2 rings (SSSR count). The molecule has 0 aromatic carbocycles. The summed E-state index contributed by atoms with van der Waals surface area (Å²) < 4.78 is 5.39. The van der Waals surface area contributed by atoms with E-state index >= 15 is 0 Å². The van der Waals surface area contributed by atoms with Gasteiger partial charge in [0.15, 0.2) is 0 Å². The van der Waals surface area contributed by atoms with E-state index in [2.05, 4.69) is 16.0 Å². The van der Waals surface area contributed by atoms with Crippen LogP contribution in [0.3, 0.4) is 0 Å². The van der Waals surface area contributed by atoms with E-state index in [9.17, 15) is 4.79 Å². The number of hydrogen-bond acceptors (Lipinski definition) is 4. The summed E-state index contributed by atoms with van der Waals surface area (Å²) in [6, 6.07) is 0.568. The van der Waals surface area contributed by atoms with Gasteiger partial charge in [0, 0.05) is 12.6 Å². The van der Waals surface area contributed by atoms with Crippen molar-refractivity contribution in [2.24, 2.45) is 0 Å². The molecular weight excluding hydrogens is 266 g/mol. The monoisotopic (exact) mass is 297 g/mol. The SMILES string of the molecule is CC(C)(C)OC(=O)NC1(CNC2CCCNCC2)CCC1. The predicted octanol–water partition coefficient (Wildman–Crippen LogP) is 2.17. The molecule has 1 amide bonds.